The standard InChI is InChI=1S/C16H14BrN3O3/c17-11-8-10-4-3-7-19(15(10)14(9-11)20(22)23)13-6-2-1-5-12(13)16(18)21/h1-2,5-6,8-9H,3-4,7H2,(H2,18,21). The van der Waals surface area contributed by atoms with Crippen LogP contribution in [0.4, 0.5) is 17.1 Å². The van der Waals surface area contributed by atoms with Crippen LogP contribution in [0, 0.1) is 10.1 Å². The molecule has 0 unspecified atom stereocenters. The highest BCUT2D eigenvalue weighted by atomic mass is 79.9. The number of hydrogen-bond donors (Lipinski definition) is 1. The van der Waals surface area contributed by atoms with E-state index in [0.717, 1.165) is 18.4 Å². The Balaban J connectivity index is 2.24. The summed E-state index contributed by atoms with van der Waals surface area (Å²) in [5.41, 5.74) is 7.87. The van der Waals surface area contributed by atoms with Gasteiger partial charge >= 0.3 is 0 Å². The Kier molecular flexibility index (Phi) is 4.04. The Morgan fingerprint density at radius 1 is 1.30 bits per heavy atom. The summed E-state index contributed by atoms with van der Waals surface area (Å²) in [6, 6.07) is 10.3. The predicted octanol–water partition coefficient (Wildman–Crippen LogP) is 3.54. The Morgan fingerprint density at radius 2 is 2.04 bits per heavy atom. The number of fused-ring (bicyclic) bond motifs is 1. The lowest BCUT2D eigenvalue weighted by Crippen LogP contribution is -2.28. The molecule has 0 saturated carbocycles. The number of carbonyl (C=O) groups excluding carboxylic acids is 1. The van der Waals surface area contributed by atoms with Crippen LogP contribution in [0.1, 0.15) is 22.3 Å². The summed E-state index contributed by atoms with van der Waals surface area (Å²) in [5, 5.41) is 11.5. The lowest BCUT2D eigenvalue weighted by atomic mass is 9.98. The molecule has 1 amide bonds. The average molecular weight is 376 g/mol. The van der Waals surface area contributed by atoms with E-state index in [-0.39, 0.29) is 5.69 Å². The molecule has 1 heterocycles. The van der Waals surface area contributed by atoms with Gasteiger partial charge < -0.3 is 10.6 Å². The zero-order valence-electron chi connectivity index (χ0n) is 12.2. The number of hydrogen-bond acceptors (Lipinski definition) is 4. The molecule has 118 valence electrons. The molecule has 2 aromatic carbocycles. The highest BCUT2D eigenvalue weighted by Crippen LogP contribution is 2.43. The molecule has 0 radical (unpaired) electrons. The smallest absolute Gasteiger partial charge is 0.294 e. The zero-order valence-corrected chi connectivity index (χ0v) is 13.7. The minimum atomic E-state index is -0.549. The first-order chi connectivity index (χ1) is 11.0. The second kappa shape index (κ2) is 6.00. The van der Waals surface area contributed by atoms with Gasteiger partial charge in [-0.2, -0.15) is 0 Å². The normalized spacial score (nSPS) is 13.5. The van der Waals surface area contributed by atoms with Gasteiger partial charge in [0.1, 0.15) is 5.69 Å². The summed E-state index contributed by atoms with van der Waals surface area (Å²) >= 11 is 3.33. The lowest BCUT2D eigenvalue weighted by molar-refractivity contribution is -0.384. The number of halogens is 1. The second-order valence-corrected chi connectivity index (χ2v) is 6.24. The quantitative estimate of drug-likeness (QED) is 0.656. The van der Waals surface area contributed by atoms with E-state index in [1.54, 1.807) is 24.3 Å². The van der Waals surface area contributed by atoms with Gasteiger partial charge in [-0.3, -0.25) is 14.9 Å². The van der Waals surface area contributed by atoms with Crippen LogP contribution in [0.2, 0.25) is 0 Å². The van der Waals surface area contributed by atoms with Crippen molar-refractivity contribution in [1.29, 1.82) is 0 Å². The van der Waals surface area contributed by atoms with Crippen LogP contribution in [0.3, 0.4) is 0 Å². The number of rotatable bonds is 3. The van der Waals surface area contributed by atoms with Crippen molar-refractivity contribution in [2.24, 2.45) is 5.73 Å². The van der Waals surface area contributed by atoms with Crippen molar-refractivity contribution in [1.82, 2.24) is 0 Å². The van der Waals surface area contributed by atoms with Crippen molar-refractivity contribution >= 4 is 38.9 Å². The van der Waals surface area contributed by atoms with Gasteiger partial charge in [-0.15, -0.1) is 0 Å². The maximum absolute atomic E-state index is 11.7. The maximum atomic E-state index is 11.7. The molecule has 0 spiro atoms. The van der Waals surface area contributed by atoms with Crippen LogP contribution >= 0.6 is 15.9 Å². The molecule has 23 heavy (non-hydrogen) atoms. The average Bonchev–Trinajstić information content (AvgIpc) is 2.53. The van der Waals surface area contributed by atoms with E-state index in [2.05, 4.69) is 15.9 Å². The molecule has 1 aliphatic rings. The predicted molar refractivity (Wildman–Crippen MR) is 91.1 cm³/mol. The van der Waals surface area contributed by atoms with E-state index < -0.39 is 10.8 Å². The molecule has 3 rings (SSSR count). The molecule has 0 fully saturated rings. The van der Waals surface area contributed by atoms with E-state index in [0.29, 0.717) is 28.0 Å². The van der Waals surface area contributed by atoms with Crippen LogP contribution in [-0.4, -0.2) is 17.4 Å². The molecular formula is C16H14BrN3O3. The lowest BCUT2D eigenvalue weighted by Gasteiger charge is -2.32. The van der Waals surface area contributed by atoms with Crippen LogP contribution in [0.25, 0.3) is 0 Å². The number of benzene rings is 2. The van der Waals surface area contributed by atoms with Gasteiger partial charge in [-0.05, 0) is 36.6 Å². The van der Waals surface area contributed by atoms with Crippen molar-refractivity contribution in [2.45, 2.75) is 12.8 Å². The Morgan fingerprint density at radius 3 is 2.74 bits per heavy atom. The minimum Gasteiger partial charge on any atom is -0.366 e. The van der Waals surface area contributed by atoms with E-state index in [4.69, 9.17) is 5.73 Å². The molecule has 1 aliphatic heterocycles. The summed E-state index contributed by atoms with van der Waals surface area (Å²) < 4.78 is 0.674. The molecule has 7 heteroatoms. The highest BCUT2D eigenvalue weighted by molar-refractivity contribution is 9.10. The van der Waals surface area contributed by atoms with Crippen LogP contribution in [0.15, 0.2) is 40.9 Å². The van der Waals surface area contributed by atoms with Gasteiger partial charge in [-0.25, -0.2) is 0 Å². The number of primary amides is 1. The molecule has 0 saturated heterocycles. The van der Waals surface area contributed by atoms with Gasteiger partial charge in [0.2, 0.25) is 0 Å². The Bertz CT molecular complexity index is 807. The fraction of sp³-hybridized carbons (Fsp3) is 0.188. The van der Waals surface area contributed by atoms with Crippen molar-refractivity contribution in [3.8, 4) is 0 Å². The van der Waals surface area contributed by atoms with Crippen LogP contribution in [0.5, 0.6) is 0 Å². The second-order valence-electron chi connectivity index (χ2n) is 5.33. The van der Waals surface area contributed by atoms with Gasteiger partial charge in [-0.1, -0.05) is 28.1 Å². The molecule has 0 bridgehead atoms. The van der Waals surface area contributed by atoms with E-state index in [1.165, 1.54) is 6.07 Å². The molecule has 2 aromatic rings. The highest BCUT2D eigenvalue weighted by Gasteiger charge is 2.29. The maximum Gasteiger partial charge on any atom is 0.294 e. The number of nitro groups is 1. The molecule has 0 atom stereocenters. The van der Waals surface area contributed by atoms with Gasteiger partial charge in [0.05, 0.1) is 16.2 Å². The third-order valence-electron chi connectivity index (χ3n) is 3.89. The number of nitrogens with zero attached hydrogens (tertiary/aromatic N) is 2. The summed E-state index contributed by atoms with van der Waals surface area (Å²) in [4.78, 5) is 24.6. The first kappa shape index (κ1) is 15.5. The molecule has 6 nitrogen and oxygen atoms in total. The first-order valence-electron chi connectivity index (χ1n) is 7.12. The third-order valence-corrected chi connectivity index (χ3v) is 4.35. The van der Waals surface area contributed by atoms with Gasteiger partial charge in [0, 0.05) is 17.1 Å². The number of aryl methyl sites for hydroxylation is 1. The largest absolute Gasteiger partial charge is 0.366 e. The summed E-state index contributed by atoms with van der Waals surface area (Å²) in [6.07, 6.45) is 1.60. The van der Waals surface area contributed by atoms with E-state index in [9.17, 15) is 14.9 Å². The minimum absolute atomic E-state index is 0.0216. The monoisotopic (exact) mass is 375 g/mol. The summed E-state index contributed by atoms with van der Waals surface area (Å²) in [7, 11) is 0. The number of nitro benzene ring substituents is 1. The van der Waals surface area contributed by atoms with Crippen molar-refractivity contribution in [3.63, 3.8) is 0 Å². The molecule has 0 aromatic heterocycles. The number of nitrogens with two attached hydrogens (primary N) is 1. The Labute approximate surface area is 141 Å². The number of para-hydroxylation sites is 1. The number of anilines is 2. The van der Waals surface area contributed by atoms with E-state index >= 15 is 0 Å². The van der Waals surface area contributed by atoms with Crippen molar-refractivity contribution in [3.05, 3.63) is 62.1 Å². The third kappa shape index (κ3) is 2.79. The summed E-state index contributed by atoms with van der Waals surface area (Å²) in [6.45, 7) is 0.597. The fourth-order valence-corrected chi connectivity index (χ4v) is 3.47. The SMILES string of the molecule is NC(=O)c1ccccc1N1CCCc2cc(Br)cc([N+](=O)[O-])c21. The fourth-order valence-electron chi connectivity index (χ4n) is 2.98. The van der Waals surface area contributed by atoms with Crippen molar-refractivity contribution in [2.75, 3.05) is 11.4 Å². The van der Waals surface area contributed by atoms with Crippen LogP contribution in [-0.2, 0) is 6.42 Å². The van der Waals surface area contributed by atoms with Gasteiger partial charge in [0.25, 0.3) is 11.6 Å². The number of amides is 1. The molecule has 0 aliphatic carbocycles. The topological polar surface area (TPSA) is 89.5 Å². The zero-order chi connectivity index (χ0) is 16.6. The van der Waals surface area contributed by atoms with Crippen molar-refractivity contribution < 1.29 is 9.72 Å². The summed E-state index contributed by atoms with van der Waals surface area (Å²) in [5.74, 6) is -0.549. The van der Waals surface area contributed by atoms with Crippen LogP contribution < -0.4 is 10.6 Å². The number of carbonyl (C=O) groups is 1. The van der Waals surface area contributed by atoms with E-state index in [1.807, 2.05) is 11.0 Å². The first-order valence-corrected chi connectivity index (χ1v) is 7.91. The van der Waals surface area contributed by atoms with Gasteiger partial charge in [0.15, 0.2) is 0 Å². The molecular weight excluding hydrogens is 362 g/mol. The molecule has 2 N–H and O–H groups in total. The Hall–Kier alpha value is -2.41.